The van der Waals surface area contributed by atoms with Gasteiger partial charge in [0.25, 0.3) is 0 Å². The highest BCUT2D eigenvalue weighted by Crippen LogP contribution is 2.31. The fourth-order valence-electron chi connectivity index (χ4n) is 2.39. The van der Waals surface area contributed by atoms with Crippen LogP contribution in [0, 0.1) is 5.92 Å². The Morgan fingerprint density at radius 1 is 1.17 bits per heavy atom. The lowest BCUT2D eigenvalue weighted by Gasteiger charge is -2.43. The van der Waals surface area contributed by atoms with E-state index in [0.29, 0.717) is 31.3 Å². The standard InChI is InChI=1S/C12H25N3O2S/c1-12(2,10-13)14-5-7-15(8-6-14)18(16,17)9-11-3-4-11/h11H,3-10,13H2,1-2H3. The average Bonchev–Trinajstić information content (AvgIpc) is 3.12. The monoisotopic (exact) mass is 275 g/mol. The second kappa shape index (κ2) is 5.07. The van der Waals surface area contributed by atoms with Gasteiger partial charge in [0, 0.05) is 38.3 Å². The van der Waals surface area contributed by atoms with Crippen molar-refractivity contribution in [2.45, 2.75) is 32.2 Å². The van der Waals surface area contributed by atoms with Gasteiger partial charge in [-0.1, -0.05) is 0 Å². The van der Waals surface area contributed by atoms with Gasteiger partial charge in [-0.25, -0.2) is 8.42 Å². The first kappa shape index (κ1) is 14.2. The predicted octanol–water partition coefficient (Wildman–Crippen LogP) is 0.0811. The molecule has 0 atom stereocenters. The Labute approximate surface area is 110 Å². The summed E-state index contributed by atoms with van der Waals surface area (Å²) < 4.78 is 26.0. The highest BCUT2D eigenvalue weighted by atomic mass is 32.2. The van der Waals surface area contributed by atoms with Gasteiger partial charge >= 0.3 is 0 Å². The van der Waals surface area contributed by atoms with Crippen LogP contribution in [0.25, 0.3) is 0 Å². The molecule has 0 unspecified atom stereocenters. The molecule has 2 fully saturated rings. The van der Waals surface area contributed by atoms with Crippen LogP contribution in [0.1, 0.15) is 26.7 Å². The number of hydrogen-bond donors (Lipinski definition) is 1. The molecule has 2 aliphatic rings. The van der Waals surface area contributed by atoms with Crippen molar-refractivity contribution in [2.24, 2.45) is 11.7 Å². The van der Waals surface area contributed by atoms with Gasteiger partial charge in [-0.05, 0) is 32.6 Å². The van der Waals surface area contributed by atoms with E-state index in [1.54, 1.807) is 4.31 Å². The second-order valence-corrected chi connectivity index (χ2v) is 8.14. The molecule has 6 heteroatoms. The van der Waals surface area contributed by atoms with Crippen molar-refractivity contribution in [3.63, 3.8) is 0 Å². The van der Waals surface area contributed by atoms with Crippen LogP contribution in [-0.2, 0) is 10.0 Å². The van der Waals surface area contributed by atoms with Crippen LogP contribution in [0.15, 0.2) is 0 Å². The minimum absolute atomic E-state index is 0.0354. The molecule has 1 heterocycles. The zero-order chi connectivity index (χ0) is 13.4. The van der Waals surface area contributed by atoms with Crippen molar-refractivity contribution in [3.05, 3.63) is 0 Å². The minimum Gasteiger partial charge on any atom is -0.329 e. The van der Waals surface area contributed by atoms with Crippen molar-refractivity contribution in [2.75, 3.05) is 38.5 Å². The molecular formula is C12H25N3O2S. The molecular weight excluding hydrogens is 250 g/mol. The van der Waals surface area contributed by atoms with Gasteiger partial charge in [0.2, 0.25) is 10.0 Å². The molecule has 1 aliphatic heterocycles. The molecule has 2 N–H and O–H groups in total. The molecule has 0 radical (unpaired) electrons. The fraction of sp³-hybridized carbons (Fsp3) is 1.00. The third-order valence-electron chi connectivity index (χ3n) is 4.13. The van der Waals surface area contributed by atoms with Crippen LogP contribution < -0.4 is 5.73 Å². The molecule has 0 amide bonds. The summed E-state index contributed by atoms with van der Waals surface area (Å²) in [5, 5.41) is 0. The van der Waals surface area contributed by atoms with Crippen molar-refractivity contribution < 1.29 is 8.42 Å². The zero-order valence-electron chi connectivity index (χ0n) is 11.4. The molecule has 2 rings (SSSR count). The first-order chi connectivity index (χ1) is 8.35. The molecule has 0 aromatic rings. The Morgan fingerprint density at radius 2 is 1.72 bits per heavy atom. The van der Waals surface area contributed by atoms with Gasteiger partial charge in [0.05, 0.1) is 5.75 Å². The molecule has 1 saturated heterocycles. The number of hydrogen-bond acceptors (Lipinski definition) is 4. The Balaban J connectivity index is 1.89. The molecule has 5 nitrogen and oxygen atoms in total. The van der Waals surface area contributed by atoms with Crippen molar-refractivity contribution >= 4 is 10.0 Å². The van der Waals surface area contributed by atoms with Gasteiger partial charge in [-0.2, -0.15) is 4.31 Å². The first-order valence-electron chi connectivity index (χ1n) is 6.78. The van der Waals surface area contributed by atoms with Crippen molar-refractivity contribution in [1.82, 2.24) is 9.21 Å². The summed E-state index contributed by atoms with van der Waals surface area (Å²) in [4.78, 5) is 2.29. The largest absolute Gasteiger partial charge is 0.329 e. The maximum atomic E-state index is 12.1. The molecule has 106 valence electrons. The quantitative estimate of drug-likeness (QED) is 0.772. The SMILES string of the molecule is CC(C)(CN)N1CCN(S(=O)(=O)CC2CC2)CC1. The first-order valence-corrected chi connectivity index (χ1v) is 8.39. The van der Waals surface area contributed by atoms with Crippen molar-refractivity contribution in [3.8, 4) is 0 Å². The molecule has 0 bridgehead atoms. The van der Waals surface area contributed by atoms with E-state index < -0.39 is 10.0 Å². The summed E-state index contributed by atoms with van der Waals surface area (Å²) in [6, 6.07) is 0. The van der Waals surface area contributed by atoms with E-state index in [9.17, 15) is 8.42 Å². The average molecular weight is 275 g/mol. The van der Waals surface area contributed by atoms with Crippen LogP contribution >= 0.6 is 0 Å². The predicted molar refractivity (Wildman–Crippen MR) is 72.8 cm³/mol. The van der Waals surface area contributed by atoms with E-state index in [1.165, 1.54) is 0 Å². The summed E-state index contributed by atoms with van der Waals surface area (Å²) in [6.07, 6.45) is 2.17. The maximum absolute atomic E-state index is 12.1. The van der Waals surface area contributed by atoms with Gasteiger partial charge < -0.3 is 5.73 Å². The lowest BCUT2D eigenvalue weighted by atomic mass is 10.0. The van der Waals surface area contributed by atoms with E-state index in [0.717, 1.165) is 25.9 Å². The Kier molecular flexibility index (Phi) is 4.02. The third kappa shape index (κ3) is 3.23. The smallest absolute Gasteiger partial charge is 0.214 e. The molecule has 18 heavy (non-hydrogen) atoms. The Hall–Kier alpha value is -0.170. The van der Waals surface area contributed by atoms with Crippen molar-refractivity contribution in [1.29, 1.82) is 0 Å². The Morgan fingerprint density at radius 3 is 2.17 bits per heavy atom. The summed E-state index contributed by atoms with van der Waals surface area (Å²) in [5.41, 5.74) is 5.72. The van der Waals surface area contributed by atoms with Gasteiger partial charge in [0.1, 0.15) is 0 Å². The zero-order valence-corrected chi connectivity index (χ0v) is 12.2. The van der Waals surface area contributed by atoms with Crippen LogP contribution in [-0.4, -0.2) is 61.6 Å². The summed E-state index contributed by atoms with van der Waals surface area (Å²) in [5.74, 6) is 0.779. The normalized spacial score (nSPS) is 24.4. The molecule has 0 spiro atoms. The van der Waals surface area contributed by atoms with E-state index in [4.69, 9.17) is 5.73 Å². The number of rotatable bonds is 5. The summed E-state index contributed by atoms with van der Waals surface area (Å²) in [7, 11) is -3.02. The molecule has 1 aliphatic carbocycles. The molecule has 0 aromatic heterocycles. The lowest BCUT2D eigenvalue weighted by Crippen LogP contribution is -2.58. The maximum Gasteiger partial charge on any atom is 0.214 e. The van der Waals surface area contributed by atoms with E-state index in [2.05, 4.69) is 18.7 Å². The van der Waals surface area contributed by atoms with E-state index in [1.807, 2.05) is 0 Å². The van der Waals surface area contributed by atoms with Gasteiger partial charge in [-0.15, -0.1) is 0 Å². The number of nitrogens with zero attached hydrogens (tertiary/aromatic N) is 2. The topological polar surface area (TPSA) is 66.6 Å². The van der Waals surface area contributed by atoms with Gasteiger partial charge in [-0.3, -0.25) is 4.90 Å². The van der Waals surface area contributed by atoms with Crippen LogP contribution in [0.5, 0.6) is 0 Å². The van der Waals surface area contributed by atoms with Gasteiger partial charge in [0.15, 0.2) is 0 Å². The van der Waals surface area contributed by atoms with Crippen LogP contribution in [0.2, 0.25) is 0 Å². The highest BCUT2D eigenvalue weighted by molar-refractivity contribution is 7.89. The number of piperazine rings is 1. The lowest BCUT2D eigenvalue weighted by molar-refractivity contribution is 0.0849. The minimum atomic E-state index is -3.02. The Bertz CT molecular complexity index is 382. The number of nitrogens with two attached hydrogens (primary N) is 1. The summed E-state index contributed by atoms with van der Waals surface area (Å²) >= 11 is 0. The van der Waals surface area contributed by atoms with E-state index in [-0.39, 0.29) is 5.54 Å². The highest BCUT2D eigenvalue weighted by Gasteiger charge is 2.35. The third-order valence-corrected chi connectivity index (χ3v) is 6.18. The van der Waals surface area contributed by atoms with Crippen LogP contribution in [0.3, 0.4) is 0 Å². The summed E-state index contributed by atoms with van der Waals surface area (Å²) in [6.45, 7) is 7.61. The number of sulfonamides is 1. The van der Waals surface area contributed by atoms with E-state index >= 15 is 0 Å². The second-order valence-electron chi connectivity index (χ2n) is 6.12. The molecule has 0 aromatic carbocycles. The molecule has 1 saturated carbocycles. The van der Waals surface area contributed by atoms with Crippen LogP contribution in [0.4, 0.5) is 0 Å². The fourth-order valence-corrected chi connectivity index (χ4v) is 4.25.